The number of benzene rings is 1. The maximum atomic E-state index is 11.8. The molecule has 1 rings (SSSR count). The highest BCUT2D eigenvalue weighted by atomic mass is 35.5. The summed E-state index contributed by atoms with van der Waals surface area (Å²) in [6.45, 7) is 4.27. The fourth-order valence-corrected chi connectivity index (χ4v) is 1.40. The Bertz CT molecular complexity index is 374. The minimum atomic E-state index is -0.300. The molecule has 2 N–H and O–H groups in total. The smallest absolute Gasteiger partial charge is 0.251 e. The Balaban J connectivity index is 2.58. The number of halogens is 1. The summed E-state index contributed by atoms with van der Waals surface area (Å²) in [7, 11) is 0. The summed E-state index contributed by atoms with van der Waals surface area (Å²) in [5.74, 6) is 0.312. The van der Waals surface area contributed by atoms with Gasteiger partial charge in [-0.25, -0.2) is 0 Å². The molecule has 0 saturated heterocycles. The number of hydrogen-bond acceptors (Lipinski definition) is 2. The van der Waals surface area contributed by atoms with Crippen LogP contribution < -0.4 is 5.32 Å². The van der Waals surface area contributed by atoms with Crippen molar-refractivity contribution in [2.45, 2.75) is 19.7 Å². The number of alkyl halides is 1. The number of carbonyl (C=O) groups excluding carboxylic acids is 1. The van der Waals surface area contributed by atoms with E-state index in [1.54, 1.807) is 12.1 Å². The van der Waals surface area contributed by atoms with Gasteiger partial charge in [0.2, 0.25) is 0 Å². The van der Waals surface area contributed by atoms with E-state index in [9.17, 15) is 4.79 Å². The number of amides is 1. The fraction of sp³-hybridized carbons (Fsp3) is 0.462. The van der Waals surface area contributed by atoms with Gasteiger partial charge in [-0.3, -0.25) is 4.79 Å². The summed E-state index contributed by atoms with van der Waals surface area (Å²) in [4.78, 5) is 11.8. The molecule has 0 heterocycles. The van der Waals surface area contributed by atoms with Gasteiger partial charge in [0, 0.05) is 30.0 Å². The van der Waals surface area contributed by atoms with Crippen molar-refractivity contribution < 1.29 is 9.90 Å². The van der Waals surface area contributed by atoms with E-state index in [0.717, 1.165) is 5.56 Å². The molecule has 0 saturated carbocycles. The minimum Gasteiger partial charge on any atom is -0.396 e. The van der Waals surface area contributed by atoms with Gasteiger partial charge in [-0.2, -0.15) is 0 Å². The van der Waals surface area contributed by atoms with E-state index >= 15 is 0 Å². The van der Waals surface area contributed by atoms with E-state index < -0.39 is 0 Å². The summed E-state index contributed by atoms with van der Waals surface area (Å²) in [5.41, 5.74) is 1.29. The monoisotopic (exact) mass is 255 g/mol. The highest BCUT2D eigenvalue weighted by molar-refractivity contribution is 6.17. The molecule has 1 aromatic rings. The minimum absolute atomic E-state index is 0.0401. The Hall–Kier alpha value is -1.06. The molecule has 0 atom stereocenters. The van der Waals surface area contributed by atoms with Crippen molar-refractivity contribution in [2.75, 3.05) is 13.2 Å². The first-order chi connectivity index (χ1) is 7.98. The van der Waals surface area contributed by atoms with E-state index in [0.29, 0.717) is 18.0 Å². The second-order valence-electron chi connectivity index (χ2n) is 4.84. The van der Waals surface area contributed by atoms with Crippen molar-refractivity contribution in [3.05, 3.63) is 35.4 Å². The van der Waals surface area contributed by atoms with Crippen LogP contribution in [0.1, 0.15) is 29.8 Å². The third-order valence-electron chi connectivity index (χ3n) is 2.53. The lowest BCUT2D eigenvalue weighted by Gasteiger charge is -2.21. The first-order valence-corrected chi connectivity index (χ1v) is 6.06. The predicted octanol–water partition coefficient (Wildman–Crippen LogP) is 2.17. The molecule has 0 unspecified atom stereocenters. The van der Waals surface area contributed by atoms with Crippen molar-refractivity contribution in [1.82, 2.24) is 5.32 Å². The lowest BCUT2D eigenvalue weighted by Crippen LogP contribution is -2.36. The molecular formula is C13H18ClNO2. The quantitative estimate of drug-likeness (QED) is 0.793. The molecule has 4 heteroatoms. The van der Waals surface area contributed by atoms with Crippen LogP contribution in [0.5, 0.6) is 0 Å². The molecule has 0 aliphatic heterocycles. The van der Waals surface area contributed by atoms with Gasteiger partial charge in [-0.15, -0.1) is 11.6 Å². The number of hydrogen-bond donors (Lipinski definition) is 2. The van der Waals surface area contributed by atoms with Crippen LogP contribution in [0.15, 0.2) is 24.3 Å². The lowest BCUT2D eigenvalue weighted by molar-refractivity contribution is 0.0911. The molecule has 1 aromatic carbocycles. The van der Waals surface area contributed by atoms with Gasteiger partial charge in [-0.1, -0.05) is 26.0 Å². The molecule has 94 valence electrons. The molecule has 0 fully saturated rings. The zero-order valence-electron chi connectivity index (χ0n) is 10.2. The number of nitrogens with one attached hydrogen (secondary N) is 1. The van der Waals surface area contributed by atoms with E-state index in [4.69, 9.17) is 16.7 Å². The van der Waals surface area contributed by atoms with E-state index in [-0.39, 0.29) is 17.9 Å². The highest BCUT2D eigenvalue weighted by Gasteiger charge is 2.17. The summed E-state index contributed by atoms with van der Waals surface area (Å²) in [6, 6.07) is 7.16. The zero-order valence-corrected chi connectivity index (χ0v) is 10.9. The van der Waals surface area contributed by atoms with Crippen LogP contribution in [0.25, 0.3) is 0 Å². The molecule has 17 heavy (non-hydrogen) atoms. The molecule has 3 nitrogen and oxygen atoms in total. The average molecular weight is 256 g/mol. The van der Waals surface area contributed by atoms with E-state index in [2.05, 4.69) is 5.32 Å². The summed E-state index contributed by atoms with van der Waals surface area (Å²) >= 11 is 5.67. The van der Waals surface area contributed by atoms with Gasteiger partial charge in [0.05, 0.1) is 0 Å². The third-order valence-corrected chi connectivity index (χ3v) is 2.83. The molecule has 0 bridgehead atoms. The van der Waals surface area contributed by atoms with Crippen LogP contribution in [0.3, 0.4) is 0 Å². The van der Waals surface area contributed by atoms with Crippen LogP contribution in [0, 0.1) is 5.41 Å². The Labute approximate surface area is 107 Å². The van der Waals surface area contributed by atoms with Gasteiger partial charge < -0.3 is 10.4 Å². The third kappa shape index (κ3) is 4.36. The number of aliphatic hydroxyl groups excluding tert-OH is 1. The van der Waals surface area contributed by atoms with Crippen molar-refractivity contribution in [3.63, 3.8) is 0 Å². The molecule has 0 aromatic heterocycles. The predicted molar refractivity (Wildman–Crippen MR) is 69.2 cm³/mol. The Morgan fingerprint density at radius 2 is 1.94 bits per heavy atom. The van der Waals surface area contributed by atoms with Crippen LogP contribution in [0.2, 0.25) is 0 Å². The summed E-state index contributed by atoms with van der Waals surface area (Å²) in [6.07, 6.45) is 0. The highest BCUT2D eigenvalue weighted by Crippen LogP contribution is 2.12. The number of carbonyl (C=O) groups is 1. The molecule has 0 spiro atoms. The Morgan fingerprint density at radius 1 is 1.35 bits per heavy atom. The molecule has 0 aliphatic rings. The van der Waals surface area contributed by atoms with Gasteiger partial charge in [0.1, 0.15) is 0 Å². The summed E-state index contributed by atoms with van der Waals surface area (Å²) < 4.78 is 0. The maximum Gasteiger partial charge on any atom is 0.251 e. The van der Waals surface area contributed by atoms with Crippen LogP contribution in [0.4, 0.5) is 0 Å². The standard InChI is InChI=1S/C13H18ClNO2/c1-13(2,9-16)8-15-12(17)11-5-3-10(7-14)4-6-11/h3-6,16H,7-9H2,1-2H3,(H,15,17). The van der Waals surface area contributed by atoms with E-state index in [1.165, 1.54) is 0 Å². The average Bonchev–Trinajstić information content (AvgIpc) is 2.36. The Morgan fingerprint density at radius 3 is 2.41 bits per heavy atom. The first kappa shape index (κ1) is 14.0. The van der Waals surface area contributed by atoms with E-state index in [1.807, 2.05) is 26.0 Å². The van der Waals surface area contributed by atoms with Gasteiger partial charge >= 0.3 is 0 Å². The van der Waals surface area contributed by atoms with Crippen molar-refractivity contribution in [3.8, 4) is 0 Å². The van der Waals surface area contributed by atoms with Crippen LogP contribution in [-0.2, 0) is 5.88 Å². The summed E-state index contributed by atoms with van der Waals surface area (Å²) in [5, 5.41) is 11.9. The topological polar surface area (TPSA) is 49.3 Å². The second-order valence-corrected chi connectivity index (χ2v) is 5.10. The Kier molecular flexibility index (Phi) is 4.97. The second kappa shape index (κ2) is 6.03. The van der Waals surface area contributed by atoms with Gasteiger partial charge in [0.15, 0.2) is 0 Å². The number of rotatable bonds is 5. The number of aliphatic hydroxyl groups is 1. The first-order valence-electron chi connectivity index (χ1n) is 5.52. The van der Waals surface area contributed by atoms with Crippen LogP contribution >= 0.6 is 11.6 Å². The molecule has 0 radical (unpaired) electrons. The maximum absolute atomic E-state index is 11.8. The van der Waals surface area contributed by atoms with Gasteiger partial charge in [0.25, 0.3) is 5.91 Å². The SMILES string of the molecule is CC(C)(CO)CNC(=O)c1ccc(CCl)cc1. The normalized spacial score (nSPS) is 11.3. The molecule has 0 aliphatic carbocycles. The van der Waals surface area contributed by atoms with Gasteiger partial charge in [-0.05, 0) is 17.7 Å². The zero-order chi connectivity index (χ0) is 12.9. The largest absolute Gasteiger partial charge is 0.396 e. The fourth-order valence-electron chi connectivity index (χ4n) is 1.22. The molecular weight excluding hydrogens is 238 g/mol. The lowest BCUT2D eigenvalue weighted by atomic mass is 9.95. The van der Waals surface area contributed by atoms with Crippen LogP contribution in [-0.4, -0.2) is 24.2 Å². The van der Waals surface area contributed by atoms with Crippen molar-refractivity contribution >= 4 is 17.5 Å². The van der Waals surface area contributed by atoms with Crippen molar-refractivity contribution in [2.24, 2.45) is 5.41 Å². The molecule has 1 amide bonds. The van der Waals surface area contributed by atoms with Crippen molar-refractivity contribution in [1.29, 1.82) is 0 Å².